The van der Waals surface area contributed by atoms with E-state index in [1.807, 2.05) is 12.1 Å². The number of carbonyl (C=O) groups excluding carboxylic acids is 1. The van der Waals surface area contributed by atoms with Crippen LogP contribution in [0.5, 0.6) is 0 Å². The Balaban J connectivity index is 1.90. The number of carbonyl (C=O) groups is 1. The molecule has 1 aromatic carbocycles. The van der Waals surface area contributed by atoms with Gasteiger partial charge < -0.3 is 11.1 Å². The molecular weight excluding hydrogens is 258 g/mol. The van der Waals surface area contributed by atoms with Gasteiger partial charge in [0.25, 0.3) is 0 Å². The molecule has 0 bridgehead atoms. The number of rotatable bonds is 3. The van der Waals surface area contributed by atoms with Crippen LogP contribution in [0.25, 0.3) is 11.3 Å². The SMILES string of the molecule is NCCc1cc(-c2ccc3c(c2)CCC(=O)N3)ns1. The lowest BCUT2D eigenvalue weighted by molar-refractivity contribution is -0.116. The Morgan fingerprint density at radius 3 is 3.05 bits per heavy atom. The van der Waals surface area contributed by atoms with Crippen LogP contribution in [0.2, 0.25) is 0 Å². The van der Waals surface area contributed by atoms with Crippen LogP contribution in [0, 0.1) is 0 Å². The highest BCUT2D eigenvalue weighted by atomic mass is 32.1. The molecule has 2 heterocycles. The summed E-state index contributed by atoms with van der Waals surface area (Å²) in [4.78, 5) is 12.5. The van der Waals surface area contributed by atoms with Gasteiger partial charge in [0.15, 0.2) is 0 Å². The summed E-state index contributed by atoms with van der Waals surface area (Å²) < 4.78 is 4.47. The van der Waals surface area contributed by atoms with Crippen molar-refractivity contribution < 1.29 is 4.79 Å². The van der Waals surface area contributed by atoms with Crippen LogP contribution < -0.4 is 11.1 Å². The second-order valence-corrected chi connectivity index (χ2v) is 5.53. The fourth-order valence-electron chi connectivity index (χ4n) is 2.25. The minimum Gasteiger partial charge on any atom is -0.330 e. The maximum Gasteiger partial charge on any atom is 0.224 e. The Hall–Kier alpha value is -1.72. The summed E-state index contributed by atoms with van der Waals surface area (Å²) in [5.74, 6) is 0.0964. The van der Waals surface area contributed by atoms with E-state index in [1.165, 1.54) is 22.0 Å². The predicted molar refractivity (Wildman–Crippen MR) is 77.3 cm³/mol. The molecule has 2 aromatic rings. The molecule has 0 atom stereocenters. The van der Waals surface area contributed by atoms with E-state index in [1.54, 1.807) is 0 Å². The molecule has 5 heteroatoms. The summed E-state index contributed by atoms with van der Waals surface area (Å²) in [6.07, 6.45) is 2.24. The summed E-state index contributed by atoms with van der Waals surface area (Å²) >= 11 is 1.51. The number of aryl methyl sites for hydroxylation is 1. The molecule has 1 aliphatic rings. The van der Waals surface area contributed by atoms with Crippen molar-refractivity contribution in [2.75, 3.05) is 11.9 Å². The summed E-state index contributed by atoms with van der Waals surface area (Å²) in [7, 11) is 0. The number of amides is 1. The first-order chi connectivity index (χ1) is 9.26. The van der Waals surface area contributed by atoms with E-state index in [4.69, 9.17) is 5.73 Å². The summed E-state index contributed by atoms with van der Waals surface area (Å²) in [5.41, 5.74) is 9.76. The van der Waals surface area contributed by atoms with Crippen LogP contribution in [0.1, 0.15) is 16.9 Å². The van der Waals surface area contributed by atoms with Crippen LogP contribution in [-0.2, 0) is 17.6 Å². The van der Waals surface area contributed by atoms with E-state index in [2.05, 4.69) is 21.8 Å². The molecule has 0 saturated carbocycles. The van der Waals surface area contributed by atoms with Crippen molar-refractivity contribution in [2.24, 2.45) is 5.73 Å². The molecule has 0 fully saturated rings. The molecular formula is C14H15N3OS. The molecule has 3 N–H and O–H groups in total. The van der Waals surface area contributed by atoms with E-state index >= 15 is 0 Å². The van der Waals surface area contributed by atoms with E-state index in [-0.39, 0.29) is 5.91 Å². The Bertz CT molecular complexity index is 621. The molecule has 98 valence electrons. The van der Waals surface area contributed by atoms with Gasteiger partial charge in [0, 0.05) is 22.5 Å². The number of benzene rings is 1. The largest absolute Gasteiger partial charge is 0.330 e. The van der Waals surface area contributed by atoms with Crippen molar-refractivity contribution in [3.05, 3.63) is 34.7 Å². The number of anilines is 1. The third-order valence-electron chi connectivity index (χ3n) is 3.25. The van der Waals surface area contributed by atoms with Crippen molar-refractivity contribution in [1.82, 2.24) is 4.37 Å². The van der Waals surface area contributed by atoms with Crippen molar-refractivity contribution in [2.45, 2.75) is 19.3 Å². The summed E-state index contributed by atoms with van der Waals surface area (Å²) in [6.45, 7) is 0.651. The highest BCUT2D eigenvalue weighted by molar-refractivity contribution is 7.06. The van der Waals surface area contributed by atoms with Gasteiger partial charge in [0.2, 0.25) is 5.91 Å². The lowest BCUT2D eigenvalue weighted by atomic mass is 9.99. The van der Waals surface area contributed by atoms with Gasteiger partial charge in [-0.05, 0) is 54.7 Å². The second-order valence-electron chi connectivity index (χ2n) is 4.64. The number of fused-ring (bicyclic) bond motifs is 1. The minimum absolute atomic E-state index is 0.0964. The molecule has 0 radical (unpaired) electrons. The normalized spacial score (nSPS) is 14.1. The smallest absolute Gasteiger partial charge is 0.224 e. The van der Waals surface area contributed by atoms with Crippen molar-refractivity contribution >= 4 is 23.1 Å². The second kappa shape index (κ2) is 5.11. The van der Waals surface area contributed by atoms with Gasteiger partial charge in [-0.15, -0.1) is 0 Å². The summed E-state index contributed by atoms with van der Waals surface area (Å²) in [5, 5.41) is 2.89. The maximum absolute atomic E-state index is 11.3. The van der Waals surface area contributed by atoms with Crippen molar-refractivity contribution in [1.29, 1.82) is 0 Å². The van der Waals surface area contributed by atoms with E-state index < -0.39 is 0 Å². The van der Waals surface area contributed by atoms with E-state index in [0.717, 1.165) is 29.8 Å². The maximum atomic E-state index is 11.3. The zero-order chi connectivity index (χ0) is 13.2. The fourth-order valence-corrected chi connectivity index (χ4v) is 3.00. The molecule has 0 saturated heterocycles. The van der Waals surface area contributed by atoms with Crippen molar-refractivity contribution in [3.8, 4) is 11.3 Å². The van der Waals surface area contributed by atoms with Gasteiger partial charge in [-0.3, -0.25) is 4.79 Å². The van der Waals surface area contributed by atoms with Gasteiger partial charge in [-0.1, -0.05) is 6.07 Å². The molecule has 4 nitrogen and oxygen atoms in total. The number of nitrogens with two attached hydrogens (primary N) is 1. The first-order valence-corrected chi connectivity index (χ1v) is 7.12. The molecule has 1 amide bonds. The Labute approximate surface area is 115 Å². The molecule has 1 aliphatic heterocycles. The van der Waals surface area contributed by atoms with Gasteiger partial charge in [0.05, 0.1) is 5.69 Å². The Morgan fingerprint density at radius 2 is 2.21 bits per heavy atom. The van der Waals surface area contributed by atoms with Crippen LogP contribution in [0.3, 0.4) is 0 Å². The predicted octanol–water partition coefficient (Wildman–Crippen LogP) is 2.20. The topological polar surface area (TPSA) is 68.0 Å². The first-order valence-electron chi connectivity index (χ1n) is 6.35. The molecule has 3 rings (SSSR count). The first kappa shape index (κ1) is 12.3. The van der Waals surface area contributed by atoms with E-state index in [0.29, 0.717) is 13.0 Å². The molecule has 0 unspecified atom stereocenters. The van der Waals surface area contributed by atoms with Crippen molar-refractivity contribution in [3.63, 3.8) is 0 Å². The average molecular weight is 273 g/mol. The molecule has 0 aliphatic carbocycles. The van der Waals surface area contributed by atoms with Crippen LogP contribution >= 0.6 is 11.5 Å². The van der Waals surface area contributed by atoms with Crippen LogP contribution in [0.4, 0.5) is 5.69 Å². The average Bonchev–Trinajstić information content (AvgIpc) is 2.87. The van der Waals surface area contributed by atoms with Gasteiger partial charge in [-0.2, -0.15) is 4.37 Å². The highest BCUT2D eigenvalue weighted by Gasteiger charge is 2.15. The van der Waals surface area contributed by atoms with Crippen LogP contribution in [-0.4, -0.2) is 16.8 Å². The zero-order valence-corrected chi connectivity index (χ0v) is 11.3. The highest BCUT2D eigenvalue weighted by Crippen LogP contribution is 2.29. The van der Waals surface area contributed by atoms with Gasteiger partial charge in [-0.25, -0.2) is 0 Å². The molecule has 0 spiro atoms. The molecule has 1 aromatic heterocycles. The standard InChI is InChI=1S/C14H15N3OS/c15-6-5-11-8-13(17-19-11)10-1-3-12-9(7-10)2-4-14(18)16-12/h1,3,7-8H,2,4-6,15H2,(H,16,18). The lowest BCUT2D eigenvalue weighted by Crippen LogP contribution is -2.18. The number of nitrogens with zero attached hydrogens (tertiary/aromatic N) is 1. The Kier molecular flexibility index (Phi) is 3.31. The van der Waals surface area contributed by atoms with Gasteiger partial charge >= 0.3 is 0 Å². The fraction of sp³-hybridized carbons (Fsp3) is 0.286. The molecule has 19 heavy (non-hydrogen) atoms. The minimum atomic E-state index is 0.0964. The summed E-state index contributed by atoms with van der Waals surface area (Å²) in [6, 6.07) is 8.19. The third-order valence-corrected chi connectivity index (χ3v) is 4.09. The van der Waals surface area contributed by atoms with E-state index in [9.17, 15) is 4.79 Å². The van der Waals surface area contributed by atoms with Gasteiger partial charge in [0.1, 0.15) is 0 Å². The number of hydrogen-bond donors (Lipinski definition) is 2. The third kappa shape index (κ3) is 2.52. The number of aromatic nitrogens is 1. The number of nitrogens with one attached hydrogen (secondary N) is 1. The quantitative estimate of drug-likeness (QED) is 0.900. The Morgan fingerprint density at radius 1 is 1.32 bits per heavy atom. The monoisotopic (exact) mass is 273 g/mol. The lowest BCUT2D eigenvalue weighted by Gasteiger charge is -2.17. The number of hydrogen-bond acceptors (Lipinski definition) is 4. The van der Waals surface area contributed by atoms with Crippen LogP contribution in [0.15, 0.2) is 24.3 Å². The zero-order valence-electron chi connectivity index (χ0n) is 10.5.